The van der Waals surface area contributed by atoms with Gasteiger partial charge in [0.1, 0.15) is 5.69 Å². The molecule has 1 aliphatic heterocycles. The molecule has 5 heteroatoms. The number of rotatable bonds is 8. The molecule has 24 heavy (non-hydrogen) atoms. The van der Waals surface area contributed by atoms with E-state index in [0.29, 0.717) is 13.0 Å². The number of carboxylic acids is 1. The van der Waals surface area contributed by atoms with Crippen LogP contribution >= 0.6 is 0 Å². The zero-order valence-electron chi connectivity index (χ0n) is 13.9. The molecule has 1 amide bonds. The van der Waals surface area contributed by atoms with Crippen molar-refractivity contribution in [1.82, 2.24) is 9.88 Å². The minimum atomic E-state index is -0.739. The first-order valence-electron chi connectivity index (χ1n) is 8.78. The molecule has 0 atom stereocenters. The van der Waals surface area contributed by atoms with Crippen LogP contribution in [0.4, 0.5) is 0 Å². The highest BCUT2D eigenvalue weighted by Crippen LogP contribution is 2.28. The predicted octanol–water partition coefficient (Wildman–Crippen LogP) is 3.35. The SMILES string of the molecule is O=C(O)CCCCCCNC(=O)c1cc2cccc3c2n1CCC3. The minimum Gasteiger partial charge on any atom is -0.481 e. The van der Waals surface area contributed by atoms with Crippen molar-refractivity contribution in [2.24, 2.45) is 0 Å². The maximum absolute atomic E-state index is 12.5. The third-order valence-corrected chi connectivity index (χ3v) is 4.67. The lowest BCUT2D eigenvalue weighted by Crippen LogP contribution is -2.27. The van der Waals surface area contributed by atoms with Crippen LogP contribution in [0.15, 0.2) is 24.3 Å². The van der Waals surface area contributed by atoms with Gasteiger partial charge in [-0.25, -0.2) is 0 Å². The first-order chi connectivity index (χ1) is 11.7. The van der Waals surface area contributed by atoms with Gasteiger partial charge in [-0.1, -0.05) is 31.0 Å². The van der Waals surface area contributed by atoms with E-state index >= 15 is 0 Å². The topological polar surface area (TPSA) is 71.3 Å². The second-order valence-corrected chi connectivity index (χ2v) is 6.45. The average molecular weight is 328 g/mol. The third kappa shape index (κ3) is 3.61. The summed E-state index contributed by atoms with van der Waals surface area (Å²) in [4.78, 5) is 22.9. The molecule has 1 aliphatic rings. The number of nitrogens with one attached hydrogen (secondary N) is 1. The van der Waals surface area contributed by atoms with Gasteiger partial charge in [-0.05, 0) is 37.3 Å². The van der Waals surface area contributed by atoms with Crippen molar-refractivity contribution in [3.63, 3.8) is 0 Å². The van der Waals surface area contributed by atoms with Crippen LogP contribution in [-0.4, -0.2) is 28.1 Å². The van der Waals surface area contributed by atoms with E-state index in [-0.39, 0.29) is 12.3 Å². The Kier molecular flexibility index (Phi) is 5.18. The van der Waals surface area contributed by atoms with E-state index in [1.807, 2.05) is 6.07 Å². The maximum atomic E-state index is 12.5. The van der Waals surface area contributed by atoms with Gasteiger partial charge < -0.3 is 15.0 Å². The van der Waals surface area contributed by atoms with E-state index in [1.54, 1.807) is 0 Å². The highest BCUT2D eigenvalue weighted by atomic mass is 16.4. The van der Waals surface area contributed by atoms with E-state index in [4.69, 9.17) is 5.11 Å². The fraction of sp³-hybridized carbons (Fsp3) is 0.474. The molecule has 0 saturated heterocycles. The summed E-state index contributed by atoms with van der Waals surface area (Å²) in [5.74, 6) is -0.749. The van der Waals surface area contributed by atoms with E-state index in [2.05, 4.69) is 28.1 Å². The molecule has 3 rings (SSSR count). The summed E-state index contributed by atoms with van der Waals surface area (Å²) < 4.78 is 2.15. The summed E-state index contributed by atoms with van der Waals surface area (Å²) in [6.07, 6.45) is 5.82. The number of amides is 1. The number of nitrogens with zero attached hydrogens (tertiary/aromatic N) is 1. The monoisotopic (exact) mass is 328 g/mol. The molecule has 0 spiro atoms. The van der Waals surface area contributed by atoms with Crippen molar-refractivity contribution in [3.8, 4) is 0 Å². The molecule has 1 aromatic carbocycles. The molecule has 0 saturated carbocycles. The van der Waals surface area contributed by atoms with E-state index in [9.17, 15) is 9.59 Å². The number of benzene rings is 1. The van der Waals surface area contributed by atoms with E-state index in [1.165, 1.54) is 11.1 Å². The molecule has 2 N–H and O–H groups in total. The molecule has 0 aliphatic carbocycles. The summed E-state index contributed by atoms with van der Waals surface area (Å²) in [6, 6.07) is 8.27. The first kappa shape index (κ1) is 16.6. The molecule has 128 valence electrons. The summed E-state index contributed by atoms with van der Waals surface area (Å²) in [6.45, 7) is 1.54. The molecule has 0 unspecified atom stereocenters. The van der Waals surface area contributed by atoms with Crippen molar-refractivity contribution in [2.75, 3.05) is 6.54 Å². The Morgan fingerprint density at radius 1 is 1.17 bits per heavy atom. The molecule has 0 bridgehead atoms. The normalized spacial score (nSPS) is 13.2. The Hall–Kier alpha value is -2.30. The van der Waals surface area contributed by atoms with Gasteiger partial charge in [0.05, 0.1) is 5.52 Å². The number of carboxylic acid groups (broad SMARTS) is 1. The number of unbranched alkanes of at least 4 members (excludes halogenated alkanes) is 3. The van der Waals surface area contributed by atoms with Gasteiger partial charge in [0.15, 0.2) is 0 Å². The van der Waals surface area contributed by atoms with Gasteiger partial charge in [0.25, 0.3) is 5.91 Å². The summed E-state index contributed by atoms with van der Waals surface area (Å²) in [5.41, 5.74) is 3.29. The van der Waals surface area contributed by atoms with Gasteiger partial charge in [-0.3, -0.25) is 9.59 Å². The summed E-state index contributed by atoms with van der Waals surface area (Å²) in [7, 11) is 0. The van der Waals surface area contributed by atoms with Crippen LogP contribution in [0.2, 0.25) is 0 Å². The van der Waals surface area contributed by atoms with Crippen LogP contribution in [0.5, 0.6) is 0 Å². The largest absolute Gasteiger partial charge is 0.481 e. The number of carbonyl (C=O) groups is 2. The lowest BCUT2D eigenvalue weighted by Gasteiger charge is -2.17. The van der Waals surface area contributed by atoms with Crippen molar-refractivity contribution in [2.45, 2.75) is 51.5 Å². The van der Waals surface area contributed by atoms with Crippen molar-refractivity contribution < 1.29 is 14.7 Å². The van der Waals surface area contributed by atoms with Gasteiger partial charge in [-0.15, -0.1) is 0 Å². The average Bonchev–Trinajstić information content (AvgIpc) is 2.95. The summed E-state index contributed by atoms with van der Waals surface area (Å²) in [5, 5.41) is 12.7. The molecule has 0 radical (unpaired) electrons. The van der Waals surface area contributed by atoms with Gasteiger partial charge in [0, 0.05) is 24.9 Å². The van der Waals surface area contributed by atoms with Gasteiger partial charge >= 0.3 is 5.97 Å². The van der Waals surface area contributed by atoms with Gasteiger partial charge in [0.2, 0.25) is 0 Å². The molecule has 1 aromatic heterocycles. The Labute approximate surface area is 141 Å². The number of carbonyl (C=O) groups excluding carboxylic acids is 1. The second kappa shape index (κ2) is 7.51. The smallest absolute Gasteiger partial charge is 0.303 e. The Morgan fingerprint density at radius 3 is 2.83 bits per heavy atom. The van der Waals surface area contributed by atoms with Crippen LogP contribution in [0.1, 0.15) is 54.6 Å². The van der Waals surface area contributed by atoms with Crippen LogP contribution in [0, 0.1) is 0 Å². The van der Waals surface area contributed by atoms with Crippen molar-refractivity contribution in [1.29, 1.82) is 0 Å². The quantitative estimate of drug-likeness (QED) is 0.730. The Balaban J connectivity index is 1.54. The third-order valence-electron chi connectivity index (χ3n) is 4.67. The fourth-order valence-electron chi connectivity index (χ4n) is 3.50. The Morgan fingerprint density at radius 2 is 2.00 bits per heavy atom. The number of aromatic nitrogens is 1. The van der Waals surface area contributed by atoms with Crippen molar-refractivity contribution >= 4 is 22.8 Å². The predicted molar refractivity (Wildman–Crippen MR) is 93.3 cm³/mol. The van der Waals surface area contributed by atoms with Crippen LogP contribution in [0.3, 0.4) is 0 Å². The molecule has 5 nitrogen and oxygen atoms in total. The zero-order valence-corrected chi connectivity index (χ0v) is 13.9. The van der Waals surface area contributed by atoms with E-state index < -0.39 is 5.97 Å². The number of hydrogen-bond donors (Lipinski definition) is 2. The van der Waals surface area contributed by atoms with Crippen LogP contribution in [0.25, 0.3) is 10.9 Å². The molecular weight excluding hydrogens is 304 g/mol. The molecule has 2 heterocycles. The number of aryl methyl sites for hydroxylation is 2. The second-order valence-electron chi connectivity index (χ2n) is 6.45. The number of para-hydroxylation sites is 1. The number of hydrogen-bond acceptors (Lipinski definition) is 2. The standard InChI is InChI=1S/C19H24N2O3/c22-17(23)10-3-1-2-4-11-20-19(24)16-13-15-8-5-7-14-9-6-12-21(16)18(14)15/h5,7-8,13H,1-4,6,9-12H2,(H,20,24)(H,22,23). The van der Waals surface area contributed by atoms with Crippen molar-refractivity contribution in [3.05, 3.63) is 35.5 Å². The Bertz CT molecular complexity index is 748. The summed E-state index contributed by atoms with van der Waals surface area (Å²) >= 11 is 0. The van der Waals surface area contributed by atoms with E-state index in [0.717, 1.165) is 49.7 Å². The van der Waals surface area contributed by atoms with Crippen LogP contribution in [-0.2, 0) is 17.8 Å². The zero-order chi connectivity index (χ0) is 16.9. The first-order valence-corrected chi connectivity index (χ1v) is 8.78. The fourth-order valence-corrected chi connectivity index (χ4v) is 3.50. The lowest BCUT2D eigenvalue weighted by molar-refractivity contribution is -0.137. The van der Waals surface area contributed by atoms with Gasteiger partial charge in [-0.2, -0.15) is 0 Å². The highest BCUT2D eigenvalue weighted by Gasteiger charge is 2.19. The highest BCUT2D eigenvalue weighted by molar-refractivity contribution is 5.99. The molecule has 2 aromatic rings. The maximum Gasteiger partial charge on any atom is 0.303 e. The number of aliphatic carboxylic acids is 1. The minimum absolute atomic E-state index is 0.00964. The molecular formula is C19H24N2O3. The van der Waals surface area contributed by atoms with Crippen LogP contribution < -0.4 is 5.32 Å². The lowest BCUT2D eigenvalue weighted by atomic mass is 10.0. The molecule has 0 fully saturated rings.